The van der Waals surface area contributed by atoms with Crippen LogP contribution in [0.1, 0.15) is 37.6 Å². The van der Waals surface area contributed by atoms with E-state index in [2.05, 4.69) is 33.8 Å². The van der Waals surface area contributed by atoms with Crippen molar-refractivity contribution in [3.05, 3.63) is 53.7 Å². The summed E-state index contributed by atoms with van der Waals surface area (Å²) < 4.78 is 16.1. The van der Waals surface area contributed by atoms with Crippen LogP contribution in [-0.2, 0) is 6.42 Å². The van der Waals surface area contributed by atoms with E-state index in [0.717, 1.165) is 36.5 Å². The highest BCUT2D eigenvalue weighted by Crippen LogP contribution is 2.39. The standard InChI is InChI=1S/C18H20FN5/c1-3-13-9-17(24-18(22-13)20-11-21-24)23-10-12(2)8-16(23)14-6-4-5-7-15(14)19/h4-7,9,11-12,16H,3,8,10H2,1-2H3. The minimum absolute atomic E-state index is 0.000654. The monoisotopic (exact) mass is 325 g/mol. The molecule has 0 spiro atoms. The minimum atomic E-state index is -0.152. The normalized spacial score (nSPS) is 20.9. The van der Waals surface area contributed by atoms with Crippen LogP contribution >= 0.6 is 0 Å². The molecule has 1 aliphatic heterocycles. The van der Waals surface area contributed by atoms with Crippen LogP contribution in [0.2, 0.25) is 0 Å². The first kappa shape index (κ1) is 15.1. The predicted octanol–water partition coefficient (Wildman–Crippen LogP) is 3.41. The third kappa shape index (κ3) is 2.42. The second-order valence-electron chi connectivity index (χ2n) is 6.46. The van der Waals surface area contributed by atoms with Crippen LogP contribution < -0.4 is 4.90 Å². The lowest BCUT2D eigenvalue weighted by Crippen LogP contribution is -2.26. The number of aromatic nitrogens is 4. The van der Waals surface area contributed by atoms with Crippen LogP contribution in [-0.4, -0.2) is 26.1 Å². The average Bonchev–Trinajstić information content (AvgIpc) is 3.20. The molecule has 2 unspecified atom stereocenters. The van der Waals surface area contributed by atoms with Crippen molar-refractivity contribution in [1.82, 2.24) is 19.6 Å². The first-order valence-corrected chi connectivity index (χ1v) is 8.38. The Bertz CT molecular complexity index is 875. The van der Waals surface area contributed by atoms with Crippen molar-refractivity contribution in [2.75, 3.05) is 11.4 Å². The first-order valence-electron chi connectivity index (χ1n) is 8.38. The van der Waals surface area contributed by atoms with Gasteiger partial charge in [-0.1, -0.05) is 32.0 Å². The summed E-state index contributed by atoms with van der Waals surface area (Å²) in [4.78, 5) is 11.0. The summed E-state index contributed by atoms with van der Waals surface area (Å²) >= 11 is 0. The van der Waals surface area contributed by atoms with Crippen LogP contribution in [0.5, 0.6) is 0 Å². The molecule has 1 saturated heterocycles. The van der Waals surface area contributed by atoms with Gasteiger partial charge in [0.05, 0.1) is 6.04 Å². The van der Waals surface area contributed by atoms with Gasteiger partial charge in [-0.05, 0) is 24.8 Å². The fourth-order valence-electron chi connectivity index (χ4n) is 3.57. The number of aryl methyl sites for hydroxylation is 1. The maximum Gasteiger partial charge on any atom is 0.254 e. The van der Waals surface area contributed by atoms with E-state index in [9.17, 15) is 4.39 Å². The molecule has 0 saturated carbocycles. The first-order chi connectivity index (χ1) is 11.7. The van der Waals surface area contributed by atoms with E-state index in [1.54, 1.807) is 10.6 Å². The predicted molar refractivity (Wildman–Crippen MR) is 90.4 cm³/mol. The van der Waals surface area contributed by atoms with Gasteiger partial charge in [0.15, 0.2) is 0 Å². The van der Waals surface area contributed by atoms with Gasteiger partial charge in [-0.25, -0.2) is 9.37 Å². The molecule has 3 aromatic rings. The van der Waals surface area contributed by atoms with Crippen molar-refractivity contribution in [1.29, 1.82) is 0 Å². The van der Waals surface area contributed by atoms with Gasteiger partial charge in [0.1, 0.15) is 18.0 Å². The summed E-state index contributed by atoms with van der Waals surface area (Å²) in [5, 5.41) is 4.32. The molecule has 0 amide bonds. The SMILES string of the molecule is CCc1cc(N2CC(C)CC2c2ccccc2F)n2ncnc2n1. The molecule has 1 aromatic carbocycles. The van der Waals surface area contributed by atoms with Gasteiger partial charge in [0.2, 0.25) is 0 Å². The molecule has 4 rings (SSSR count). The molecule has 0 radical (unpaired) electrons. The highest BCUT2D eigenvalue weighted by Gasteiger charge is 2.34. The van der Waals surface area contributed by atoms with Gasteiger partial charge in [-0.15, -0.1) is 0 Å². The smallest absolute Gasteiger partial charge is 0.254 e. The number of hydrogen-bond donors (Lipinski definition) is 0. The Labute approximate surface area is 140 Å². The summed E-state index contributed by atoms with van der Waals surface area (Å²) in [7, 11) is 0. The van der Waals surface area contributed by atoms with Crippen molar-refractivity contribution in [3.63, 3.8) is 0 Å². The molecule has 2 atom stereocenters. The maximum absolute atomic E-state index is 14.4. The molecule has 0 bridgehead atoms. The second-order valence-corrected chi connectivity index (χ2v) is 6.46. The van der Waals surface area contributed by atoms with Crippen LogP contribution in [0.4, 0.5) is 10.2 Å². The zero-order chi connectivity index (χ0) is 16.7. The van der Waals surface area contributed by atoms with E-state index in [0.29, 0.717) is 11.7 Å². The zero-order valence-electron chi connectivity index (χ0n) is 13.9. The Hall–Kier alpha value is -2.50. The Kier molecular flexibility index (Phi) is 3.67. The summed E-state index contributed by atoms with van der Waals surface area (Å²) in [5.41, 5.74) is 1.71. The summed E-state index contributed by atoms with van der Waals surface area (Å²) in [5.74, 6) is 1.86. The van der Waals surface area contributed by atoms with Crippen LogP contribution in [0.25, 0.3) is 5.78 Å². The molecular formula is C18H20FN5. The Morgan fingerprint density at radius 2 is 2.12 bits per heavy atom. The molecule has 6 heteroatoms. The largest absolute Gasteiger partial charge is 0.349 e. The molecule has 1 aliphatic rings. The molecule has 0 aliphatic carbocycles. The van der Waals surface area contributed by atoms with E-state index in [1.807, 2.05) is 18.2 Å². The molecule has 3 heterocycles. The summed E-state index contributed by atoms with van der Waals surface area (Å²) in [6, 6.07) is 9.10. The van der Waals surface area contributed by atoms with E-state index < -0.39 is 0 Å². The van der Waals surface area contributed by atoms with Crippen LogP contribution in [0.3, 0.4) is 0 Å². The summed E-state index contributed by atoms with van der Waals surface area (Å²) in [6.45, 7) is 5.13. The molecule has 2 aromatic heterocycles. The lowest BCUT2D eigenvalue weighted by Gasteiger charge is -2.27. The molecule has 0 N–H and O–H groups in total. The second kappa shape index (κ2) is 5.85. The molecule has 1 fully saturated rings. The number of fused-ring (bicyclic) bond motifs is 1. The maximum atomic E-state index is 14.4. The Balaban J connectivity index is 1.85. The minimum Gasteiger partial charge on any atom is -0.349 e. The molecule has 124 valence electrons. The van der Waals surface area contributed by atoms with Crippen molar-refractivity contribution in [2.45, 2.75) is 32.7 Å². The zero-order valence-corrected chi connectivity index (χ0v) is 13.9. The van der Waals surface area contributed by atoms with E-state index in [-0.39, 0.29) is 11.9 Å². The number of halogens is 1. The fraction of sp³-hybridized carbons (Fsp3) is 0.389. The Morgan fingerprint density at radius 3 is 2.92 bits per heavy atom. The lowest BCUT2D eigenvalue weighted by molar-refractivity contribution is 0.562. The van der Waals surface area contributed by atoms with E-state index in [1.165, 1.54) is 12.4 Å². The van der Waals surface area contributed by atoms with Crippen LogP contribution in [0.15, 0.2) is 36.7 Å². The van der Waals surface area contributed by atoms with E-state index in [4.69, 9.17) is 0 Å². The van der Waals surface area contributed by atoms with Gasteiger partial charge in [0, 0.05) is 23.9 Å². The topological polar surface area (TPSA) is 46.3 Å². The van der Waals surface area contributed by atoms with Gasteiger partial charge < -0.3 is 4.90 Å². The fourth-order valence-corrected chi connectivity index (χ4v) is 3.57. The summed E-state index contributed by atoms with van der Waals surface area (Å²) in [6.07, 6.45) is 3.26. The molecular weight excluding hydrogens is 305 g/mol. The molecule has 5 nitrogen and oxygen atoms in total. The number of benzene rings is 1. The van der Waals surface area contributed by atoms with Crippen LogP contribution in [0, 0.1) is 11.7 Å². The third-order valence-electron chi connectivity index (χ3n) is 4.72. The highest BCUT2D eigenvalue weighted by atomic mass is 19.1. The average molecular weight is 325 g/mol. The van der Waals surface area contributed by atoms with Crippen molar-refractivity contribution in [2.24, 2.45) is 5.92 Å². The van der Waals surface area contributed by atoms with Crippen molar-refractivity contribution in [3.8, 4) is 0 Å². The quantitative estimate of drug-likeness (QED) is 0.740. The van der Waals surface area contributed by atoms with Gasteiger partial charge in [0.25, 0.3) is 5.78 Å². The Morgan fingerprint density at radius 1 is 1.29 bits per heavy atom. The van der Waals surface area contributed by atoms with Gasteiger partial charge in [-0.2, -0.15) is 14.6 Å². The highest BCUT2D eigenvalue weighted by molar-refractivity contribution is 5.51. The van der Waals surface area contributed by atoms with Crippen molar-refractivity contribution >= 4 is 11.6 Å². The van der Waals surface area contributed by atoms with Gasteiger partial charge >= 0.3 is 0 Å². The number of hydrogen-bond acceptors (Lipinski definition) is 4. The van der Waals surface area contributed by atoms with Gasteiger partial charge in [-0.3, -0.25) is 0 Å². The number of rotatable bonds is 3. The lowest BCUT2D eigenvalue weighted by atomic mass is 10.0. The number of nitrogens with zero attached hydrogens (tertiary/aromatic N) is 5. The number of anilines is 1. The van der Waals surface area contributed by atoms with Crippen molar-refractivity contribution < 1.29 is 4.39 Å². The molecule has 24 heavy (non-hydrogen) atoms. The third-order valence-corrected chi connectivity index (χ3v) is 4.72. The van der Waals surface area contributed by atoms with E-state index >= 15 is 0 Å².